The Hall–Kier alpha value is -0.870. The van der Waals surface area contributed by atoms with Crippen molar-refractivity contribution in [3.8, 4) is 11.4 Å². The van der Waals surface area contributed by atoms with Crippen LogP contribution >= 0.6 is 27.5 Å². The highest BCUT2D eigenvalue weighted by Gasteiger charge is 2.12. The summed E-state index contributed by atoms with van der Waals surface area (Å²) < 4.78 is 3.08. The molecule has 2 aromatic rings. The molecule has 0 fully saturated rings. The molecule has 3 nitrogen and oxygen atoms in total. The van der Waals surface area contributed by atoms with E-state index in [-0.39, 0.29) is 0 Å². The van der Waals surface area contributed by atoms with Gasteiger partial charge in [-0.1, -0.05) is 15.9 Å². The van der Waals surface area contributed by atoms with Crippen molar-refractivity contribution in [3.63, 3.8) is 0 Å². The highest BCUT2D eigenvalue weighted by Crippen LogP contribution is 2.24. The average Bonchev–Trinajstić information content (AvgIpc) is 2.70. The van der Waals surface area contributed by atoms with E-state index in [4.69, 9.17) is 11.6 Å². The van der Waals surface area contributed by atoms with Gasteiger partial charge in [0.2, 0.25) is 0 Å². The summed E-state index contributed by atoms with van der Waals surface area (Å²) in [5, 5.41) is 8.32. The van der Waals surface area contributed by atoms with Gasteiger partial charge >= 0.3 is 0 Å². The maximum Gasteiger partial charge on any atom is 0.164 e. The van der Waals surface area contributed by atoms with Crippen molar-refractivity contribution in [2.45, 2.75) is 26.3 Å². The van der Waals surface area contributed by atoms with Crippen molar-refractivity contribution in [1.29, 1.82) is 0 Å². The minimum Gasteiger partial charge on any atom is -0.310 e. The van der Waals surface area contributed by atoms with E-state index in [0.717, 1.165) is 28.2 Å². The second kappa shape index (κ2) is 5.19. The molecule has 0 unspecified atom stereocenters. The molecule has 1 aromatic carbocycles. The molecule has 90 valence electrons. The standard InChI is InChI=1S/C12H13BrClN3/c1-3-17-11(7-14)15-16-12(17)9-4-8(2)5-10(13)6-9/h4-6H,3,7H2,1-2H3. The first kappa shape index (κ1) is 12.6. The van der Waals surface area contributed by atoms with E-state index in [1.54, 1.807) is 0 Å². The zero-order chi connectivity index (χ0) is 12.4. The largest absolute Gasteiger partial charge is 0.310 e. The van der Waals surface area contributed by atoms with Gasteiger partial charge in [-0.25, -0.2) is 0 Å². The molecule has 0 spiro atoms. The molecule has 0 aliphatic carbocycles. The van der Waals surface area contributed by atoms with Gasteiger partial charge in [0.05, 0.1) is 5.88 Å². The van der Waals surface area contributed by atoms with Crippen molar-refractivity contribution in [2.75, 3.05) is 0 Å². The lowest BCUT2D eigenvalue weighted by atomic mass is 10.1. The summed E-state index contributed by atoms with van der Waals surface area (Å²) >= 11 is 9.34. The molecule has 2 rings (SSSR count). The van der Waals surface area contributed by atoms with Crippen LogP contribution in [0, 0.1) is 6.92 Å². The maximum atomic E-state index is 5.84. The number of hydrogen-bond donors (Lipinski definition) is 0. The van der Waals surface area contributed by atoms with Gasteiger partial charge in [-0.15, -0.1) is 21.8 Å². The Bertz CT molecular complexity index is 516. The molecular weight excluding hydrogens is 302 g/mol. The normalized spacial score (nSPS) is 10.8. The zero-order valence-corrected chi connectivity index (χ0v) is 12.1. The minimum atomic E-state index is 0.383. The number of alkyl halides is 1. The van der Waals surface area contributed by atoms with Crippen LogP contribution in [-0.2, 0) is 12.4 Å². The second-order valence-corrected chi connectivity index (χ2v) is 5.02. The molecule has 0 atom stereocenters. The number of halogens is 2. The van der Waals surface area contributed by atoms with E-state index >= 15 is 0 Å². The van der Waals surface area contributed by atoms with E-state index in [2.05, 4.69) is 52.1 Å². The fourth-order valence-electron chi connectivity index (χ4n) is 1.85. The smallest absolute Gasteiger partial charge is 0.164 e. The zero-order valence-electron chi connectivity index (χ0n) is 9.74. The molecule has 1 heterocycles. The summed E-state index contributed by atoms with van der Waals surface area (Å²) in [5.74, 6) is 2.06. The van der Waals surface area contributed by atoms with Gasteiger partial charge < -0.3 is 4.57 Å². The van der Waals surface area contributed by atoms with Crippen LogP contribution in [-0.4, -0.2) is 14.8 Å². The topological polar surface area (TPSA) is 30.7 Å². The van der Waals surface area contributed by atoms with Crippen molar-refractivity contribution in [1.82, 2.24) is 14.8 Å². The van der Waals surface area contributed by atoms with E-state index in [9.17, 15) is 0 Å². The molecule has 0 radical (unpaired) electrons. The van der Waals surface area contributed by atoms with Gasteiger partial charge in [0.15, 0.2) is 5.82 Å². The first-order chi connectivity index (χ1) is 8.15. The van der Waals surface area contributed by atoms with Gasteiger partial charge in [-0.2, -0.15) is 0 Å². The SMILES string of the molecule is CCn1c(CCl)nnc1-c1cc(C)cc(Br)c1. The lowest BCUT2D eigenvalue weighted by Gasteiger charge is -2.07. The summed E-state index contributed by atoms with van der Waals surface area (Å²) in [6, 6.07) is 6.21. The van der Waals surface area contributed by atoms with Gasteiger partial charge in [-0.3, -0.25) is 0 Å². The summed E-state index contributed by atoms with van der Waals surface area (Å²) in [6.45, 7) is 4.94. The van der Waals surface area contributed by atoms with E-state index < -0.39 is 0 Å². The molecule has 17 heavy (non-hydrogen) atoms. The Labute approximate surface area is 114 Å². The third-order valence-electron chi connectivity index (χ3n) is 2.56. The molecule has 0 saturated carbocycles. The highest BCUT2D eigenvalue weighted by atomic mass is 79.9. The van der Waals surface area contributed by atoms with Crippen LogP contribution in [0.4, 0.5) is 0 Å². The third-order valence-corrected chi connectivity index (χ3v) is 3.26. The number of aryl methyl sites for hydroxylation is 1. The average molecular weight is 315 g/mol. The van der Waals surface area contributed by atoms with Crippen molar-refractivity contribution in [3.05, 3.63) is 34.1 Å². The summed E-state index contributed by atoms with van der Waals surface area (Å²) in [5.41, 5.74) is 2.25. The summed E-state index contributed by atoms with van der Waals surface area (Å²) in [7, 11) is 0. The molecule has 0 aliphatic heterocycles. The van der Waals surface area contributed by atoms with Crippen molar-refractivity contribution < 1.29 is 0 Å². The van der Waals surface area contributed by atoms with Gasteiger partial charge in [0.1, 0.15) is 5.82 Å². The Morgan fingerprint density at radius 1 is 1.29 bits per heavy atom. The molecule has 0 bridgehead atoms. The Kier molecular flexibility index (Phi) is 3.84. The maximum absolute atomic E-state index is 5.84. The van der Waals surface area contributed by atoms with Gasteiger partial charge in [0, 0.05) is 16.6 Å². The Balaban J connectivity index is 2.55. The molecule has 0 amide bonds. The lowest BCUT2D eigenvalue weighted by molar-refractivity contribution is 0.731. The predicted molar refractivity (Wildman–Crippen MR) is 73.1 cm³/mol. The fourth-order valence-corrected chi connectivity index (χ4v) is 2.65. The third kappa shape index (κ3) is 2.53. The quantitative estimate of drug-likeness (QED) is 0.807. The van der Waals surface area contributed by atoms with Crippen LogP contribution in [0.25, 0.3) is 11.4 Å². The second-order valence-electron chi connectivity index (χ2n) is 3.83. The fraction of sp³-hybridized carbons (Fsp3) is 0.333. The number of aromatic nitrogens is 3. The highest BCUT2D eigenvalue weighted by molar-refractivity contribution is 9.10. The van der Waals surface area contributed by atoms with E-state index in [1.165, 1.54) is 5.56 Å². The Morgan fingerprint density at radius 2 is 2.06 bits per heavy atom. The van der Waals surface area contributed by atoms with Crippen molar-refractivity contribution >= 4 is 27.5 Å². The van der Waals surface area contributed by atoms with Crippen LogP contribution < -0.4 is 0 Å². The van der Waals surface area contributed by atoms with Gasteiger partial charge in [-0.05, 0) is 37.6 Å². The van der Waals surface area contributed by atoms with Crippen LogP contribution in [0.5, 0.6) is 0 Å². The molecule has 1 aromatic heterocycles. The van der Waals surface area contributed by atoms with Crippen LogP contribution in [0.3, 0.4) is 0 Å². The lowest BCUT2D eigenvalue weighted by Crippen LogP contribution is -2.02. The summed E-state index contributed by atoms with van der Waals surface area (Å²) in [4.78, 5) is 0. The monoisotopic (exact) mass is 313 g/mol. The first-order valence-electron chi connectivity index (χ1n) is 5.41. The van der Waals surface area contributed by atoms with E-state index in [0.29, 0.717) is 5.88 Å². The van der Waals surface area contributed by atoms with Crippen molar-refractivity contribution in [2.24, 2.45) is 0 Å². The number of rotatable bonds is 3. The predicted octanol–water partition coefficient (Wildman–Crippen LogP) is 3.77. The number of benzene rings is 1. The molecule has 0 N–H and O–H groups in total. The van der Waals surface area contributed by atoms with Crippen LogP contribution in [0.2, 0.25) is 0 Å². The van der Waals surface area contributed by atoms with Crippen LogP contribution in [0.1, 0.15) is 18.3 Å². The van der Waals surface area contributed by atoms with Crippen LogP contribution in [0.15, 0.2) is 22.7 Å². The summed E-state index contributed by atoms with van der Waals surface area (Å²) in [6.07, 6.45) is 0. The Morgan fingerprint density at radius 3 is 2.65 bits per heavy atom. The van der Waals surface area contributed by atoms with Gasteiger partial charge in [0.25, 0.3) is 0 Å². The molecular formula is C12H13BrClN3. The number of hydrogen-bond acceptors (Lipinski definition) is 2. The molecule has 0 aliphatic rings. The van der Waals surface area contributed by atoms with E-state index in [1.807, 2.05) is 10.6 Å². The molecule has 0 saturated heterocycles. The first-order valence-corrected chi connectivity index (χ1v) is 6.74. The molecule has 5 heteroatoms. The number of nitrogens with zero attached hydrogens (tertiary/aromatic N) is 3. The minimum absolute atomic E-state index is 0.383.